The molecule has 1 atom stereocenters. The van der Waals surface area contributed by atoms with Crippen LogP contribution >= 0.6 is 21.8 Å². The molecule has 45 valence electrons. The molecule has 0 fully saturated rings. The summed E-state index contributed by atoms with van der Waals surface area (Å²) in [6.45, 7) is 4.40. The Morgan fingerprint density at radius 1 is 1.88 bits per heavy atom. The van der Waals surface area contributed by atoms with Gasteiger partial charge in [-0.15, -0.1) is 21.8 Å². The summed E-state index contributed by atoms with van der Waals surface area (Å²) >= 11 is 2.36. The van der Waals surface area contributed by atoms with Crippen molar-refractivity contribution in [3.05, 3.63) is 0 Å². The van der Waals surface area contributed by atoms with Gasteiger partial charge in [0, 0.05) is 0 Å². The van der Waals surface area contributed by atoms with E-state index < -0.39 is 0 Å². The van der Waals surface area contributed by atoms with Crippen molar-refractivity contribution in [3.63, 3.8) is 0 Å². The zero-order valence-electron chi connectivity index (χ0n) is 5.11. The van der Waals surface area contributed by atoms with Crippen LogP contribution in [0.5, 0.6) is 0 Å². The van der Waals surface area contributed by atoms with Crippen molar-refractivity contribution >= 4 is 39.4 Å². The van der Waals surface area contributed by atoms with Gasteiger partial charge in [-0.25, -0.2) is 0 Å². The molecular weight excluding hydrogens is 245 g/mol. The molecule has 0 bridgehead atoms. The Balaban J connectivity index is 3.29. The molecule has 0 aromatic heterocycles. The predicted molar refractivity (Wildman–Crippen MR) is 47.1 cm³/mol. The highest BCUT2D eigenvalue weighted by Gasteiger charge is 2.03. The molecule has 0 aromatic carbocycles. The van der Waals surface area contributed by atoms with Crippen LogP contribution in [0.4, 0.5) is 0 Å². The molecule has 0 aliphatic rings. The molecule has 4 heteroatoms. The summed E-state index contributed by atoms with van der Waals surface area (Å²) in [6.07, 6.45) is 1.21. The average molecular weight is 254 g/mol. The van der Waals surface area contributed by atoms with Crippen LogP contribution < -0.4 is 0 Å². The monoisotopic (exact) mass is 254 g/mol. The number of nitrogens with zero attached hydrogens (tertiary/aromatic N) is 1. The lowest BCUT2D eigenvalue weighted by Gasteiger charge is -2.19. The zero-order valence-corrected chi connectivity index (χ0v) is 9.27. The van der Waals surface area contributed by atoms with Crippen LogP contribution in [0.25, 0.3) is 0 Å². The van der Waals surface area contributed by atoms with Gasteiger partial charge in [0.15, 0.2) is 0 Å². The first-order valence-corrected chi connectivity index (χ1v) is 7.10. The molecule has 5 radical (unpaired) electrons. The zero-order chi connectivity index (χ0) is 6.57. The largest absolute Gasteiger partial charge is 0.340 e. The van der Waals surface area contributed by atoms with E-state index in [4.69, 9.17) is 0 Å². The summed E-state index contributed by atoms with van der Waals surface area (Å²) < 4.78 is 2.17. The number of hydrogen-bond acceptors (Lipinski definition) is 1. The van der Waals surface area contributed by atoms with Crippen LogP contribution in [-0.2, 0) is 0 Å². The molecule has 0 aliphatic heterocycles. The lowest BCUT2D eigenvalue weighted by Crippen LogP contribution is -2.30. The first-order chi connectivity index (χ1) is 3.72. The SMILES string of the molecule is CCC(C)N([Si])[Si]I. The molecule has 0 N–H and O–H groups in total. The second-order valence-electron chi connectivity index (χ2n) is 1.71. The third-order valence-electron chi connectivity index (χ3n) is 1.12. The van der Waals surface area contributed by atoms with E-state index in [2.05, 4.69) is 50.3 Å². The Morgan fingerprint density at radius 2 is 2.38 bits per heavy atom. The van der Waals surface area contributed by atoms with E-state index in [1.807, 2.05) is 0 Å². The van der Waals surface area contributed by atoms with E-state index in [0.717, 1.165) is 7.18 Å². The normalized spacial score (nSPS) is 14.6. The van der Waals surface area contributed by atoms with Crippen molar-refractivity contribution < 1.29 is 0 Å². The Bertz CT molecular complexity index is 54.0. The third-order valence-corrected chi connectivity index (χ3v) is 5.45. The van der Waals surface area contributed by atoms with Crippen LogP contribution in [0.2, 0.25) is 0 Å². The topological polar surface area (TPSA) is 3.24 Å². The van der Waals surface area contributed by atoms with Gasteiger partial charge in [0.05, 0.1) is 0 Å². The van der Waals surface area contributed by atoms with Gasteiger partial charge in [-0.05, 0) is 12.5 Å². The van der Waals surface area contributed by atoms with Crippen molar-refractivity contribution in [3.8, 4) is 0 Å². The summed E-state index contributed by atoms with van der Waals surface area (Å²) in [5.41, 5.74) is 0. The van der Waals surface area contributed by atoms with E-state index in [9.17, 15) is 0 Å². The maximum atomic E-state index is 3.49. The molecule has 0 spiro atoms. The van der Waals surface area contributed by atoms with E-state index >= 15 is 0 Å². The smallest absolute Gasteiger partial charge is 0.223 e. The molecule has 0 heterocycles. The lowest BCUT2D eigenvalue weighted by molar-refractivity contribution is 0.508. The van der Waals surface area contributed by atoms with Gasteiger partial charge in [-0.3, -0.25) is 0 Å². The van der Waals surface area contributed by atoms with E-state index in [1.54, 1.807) is 0 Å². The highest BCUT2D eigenvalue weighted by atomic mass is 127. The molecule has 0 aromatic rings. The molecular formula is C4H9INSi2. The number of halogens is 1. The maximum Gasteiger partial charge on any atom is 0.223 e. The summed E-state index contributed by atoms with van der Waals surface area (Å²) in [7, 11) is 4.32. The Hall–Kier alpha value is 1.12. The lowest BCUT2D eigenvalue weighted by atomic mass is 10.3. The fraction of sp³-hybridized carbons (Fsp3) is 1.00. The Kier molecular flexibility index (Phi) is 5.65. The van der Waals surface area contributed by atoms with Gasteiger partial charge >= 0.3 is 0 Å². The molecule has 0 saturated carbocycles. The van der Waals surface area contributed by atoms with Gasteiger partial charge in [-0.2, -0.15) is 0 Å². The molecule has 1 nitrogen and oxygen atoms in total. The second-order valence-corrected chi connectivity index (χ2v) is 4.74. The standard InChI is InChI=1S/C4H9INSi2/c1-3-4(2)6(7)8-5/h4H,3H2,1-2H3. The first-order valence-electron chi connectivity index (χ1n) is 2.59. The average Bonchev–Trinajstić information content (AvgIpc) is 1.84. The van der Waals surface area contributed by atoms with Gasteiger partial charge in [0.25, 0.3) is 0 Å². The third kappa shape index (κ3) is 3.21. The Labute approximate surface area is 69.8 Å². The van der Waals surface area contributed by atoms with E-state index in [1.165, 1.54) is 6.42 Å². The van der Waals surface area contributed by atoms with Crippen molar-refractivity contribution in [1.82, 2.24) is 4.23 Å². The maximum absolute atomic E-state index is 3.49. The van der Waals surface area contributed by atoms with Gasteiger partial charge < -0.3 is 4.23 Å². The number of rotatable bonds is 3. The molecule has 0 rings (SSSR count). The summed E-state index contributed by atoms with van der Waals surface area (Å²) in [5, 5.41) is 0. The summed E-state index contributed by atoms with van der Waals surface area (Å²) in [5.74, 6) is 0. The van der Waals surface area contributed by atoms with E-state index in [0.29, 0.717) is 6.04 Å². The van der Waals surface area contributed by atoms with Crippen molar-refractivity contribution in [2.24, 2.45) is 0 Å². The van der Waals surface area contributed by atoms with Crippen LogP contribution in [-0.4, -0.2) is 27.9 Å². The highest BCUT2D eigenvalue weighted by molar-refractivity contribution is 14.1. The van der Waals surface area contributed by atoms with Crippen LogP contribution in [0.1, 0.15) is 20.3 Å². The molecule has 0 amide bonds. The summed E-state index contributed by atoms with van der Waals surface area (Å²) in [4.78, 5) is 0. The first kappa shape index (κ1) is 9.12. The van der Waals surface area contributed by atoms with Gasteiger partial charge in [0.1, 0.15) is 10.4 Å². The quantitative estimate of drug-likeness (QED) is 0.415. The number of hydrogen-bond donors (Lipinski definition) is 0. The second kappa shape index (κ2) is 4.95. The van der Waals surface area contributed by atoms with Gasteiger partial charge in [0.2, 0.25) is 7.18 Å². The molecule has 0 aliphatic carbocycles. The van der Waals surface area contributed by atoms with Crippen molar-refractivity contribution in [2.75, 3.05) is 0 Å². The summed E-state index contributed by atoms with van der Waals surface area (Å²) in [6, 6.07) is 0.668. The van der Waals surface area contributed by atoms with Crippen LogP contribution in [0.15, 0.2) is 0 Å². The van der Waals surface area contributed by atoms with E-state index in [-0.39, 0.29) is 0 Å². The minimum absolute atomic E-state index is 0.668. The van der Waals surface area contributed by atoms with Crippen LogP contribution in [0.3, 0.4) is 0 Å². The minimum Gasteiger partial charge on any atom is -0.340 e. The molecule has 0 saturated heterocycles. The van der Waals surface area contributed by atoms with Gasteiger partial charge in [-0.1, -0.05) is 13.8 Å². The fourth-order valence-corrected chi connectivity index (χ4v) is 2.22. The van der Waals surface area contributed by atoms with Crippen LogP contribution in [0, 0.1) is 0 Å². The molecule has 1 unspecified atom stereocenters. The fourth-order valence-electron chi connectivity index (χ4n) is 0.266. The minimum atomic E-state index is 0.668. The highest BCUT2D eigenvalue weighted by Crippen LogP contribution is 1.98. The van der Waals surface area contributed by atoms with Crippen molar-refractivity contribution in [1.29, 1.82) is 0 Å². The van der Waals surface area contributed by atoms with Crippen molar-refractivity contribution in [2.45, 2.75) is 26.3 Å². The molecule has 8 heavy (non-hydrogen) atoms. The predicted octanol–water partition coefficient (Wildman–Crippen LogP) is 1.14. The Morgan fingerprint density at radius 3 is 2.50 bits per heavy atom.